The van der Waals surface area contributed by atoms with Gasteiger partial charge >= 0.3 is 0 Å². The molecule has 2 aliphatic rings. The van der Waals surface area contributed by atoms with Crippen molar-refractivity contribution in [3.63, 3.8) is 0 Å². The lowest BCUT2D eigenvalue weighted by Gasteiger charge is -2.31. The zero-order valence-corrected chi connectivity index (χ0v) is 17.2. The minimum atomic E-state index is -3.61. The molecule has 2 heterocycles. The SMILES string of the molecule is CN(C)C(=O)CNc1cc(S(=O)(=O)N2CCOCC2)ccc1N1CCOCC1. The lowest BCUT2D eigenvalue weighted by molar-refractivity contribution is -0.126. The molecule has 2 fully saturated rings. The monoisotopic (exact) mass is 412 g/mol. The standard InChI is InChI=1S/C18H28N4O5S/c1-20(2)18(23)14-19-16-13-15(28(24,25)22-7-11-27-12-8-22)3-4-17(16)21-5-9-26-10-6-21/h3-4,13,19H,5-12,14H2,1-2H3. The quantitative estimate of drug-likeness (QED) is 0.706. The first-order valence-electron chi connectivity index (χ1n) is 9.38. The molecular weight excluding hydrogens is 384 g/mol. The van der Waals surface area contributed by atoms with Crippen molar-refractivity contribution in [2.75, 3.05) is 83.5 Å². The number of morpholine rings is 2. The Balaban J connectivity index is 1.89. The molecule has 0 atom stereocenters. The molecule has 28 heavy (non-hydrogen) atoms. The minimum absolute atomic E-state index is 0.0885. The Morgan fingerprint density at radius 2 is 1.68 bits per heavy atom. The number of amides is 1. The first-order chi connectivity index (χ1) is 13.4. The average molecular weight is 413 g/mol. The average Bonchev–Trinajstić information content (AvgIpc) is 2.73. The highest BCUT2D eigenvalue weighted by Gasteiger charge is 2.27. The van der Waals surface area contributed by atoms with Crippen LogP contribution in [-0.4, -0.2) is 96.8 Å². The van der Waals surface area contributed by atoms with Crippen molar-refractivity contribution in [3.8, 4) is 0 Å². The topological polar surface area (TPSA) is 91.4 Å². The third-order valence-corrected chi connectivity index (χ3v) is 6.75. The van der Waals surface area contributed by atoms with Crippen LogP contribution in [0.5, 0.6) is 0 Å². The Morgan fingerprint density at radius 1 is 1.07 bits per heavy atom. The van der Waals surface area contributed by atoms with E-state index in [4.69, 9.17) is 9.47 Å². The number of sulfonamides is 1. The van der Waals surface area contributed by atoms with E-state index in [2.05, 4.69) is 10.2 Å². The number of nitrogens with one attached hydrogen (secondary N) is 1. The summed E-state index contributed by atoms with van der Waals surface area (Å²) < 4.78 is 38.1. The summed E-state index contributed by atoms with van der Waals surface area (Å²) in [5, 5.41) is 3.13. The number of carbonyl (C=O) groups is 1. The van der Waals surface area contributed by atoms with Crippen LogP contribution in [0.15, 0.2) is 23.1 Å². The van der Waals surface area contributed by atoms with Gasteiger partial charge in [0.1, 0.15) is 0 Å². The van der Waals surface area contributed by atoms with Gasteiger partial charge in [0.2, 0.25) is 15.9 Å². The maximum absolute atomic E-state index is 13.0. The lowest BCUT2D eigenvalue weighted by Crippen LogP contribution is -2.40. The Bertz CT molecular complexity index is 787. The van der Waals surface area contributed by atoms with Crippen LogP contribution in [0.1, 0.15) is 0 Å². The van der Waals surface area contributed by atoms with E-state index >= 15 is 0 Å². The smallest absolute Gasteiger partial charge is 0.243 e. The van der Waals surface area contributed by atoms with E-state index in [1.54, 1.807) is 32.3 Å². The maximum Gasteiger partial charge on any atom is 0.243 e. The molecule has 0 spiro atoms. The summed E-state index contributed by atoms with van der Waals surface area (Å²) in [5.74, 6) is -0.0885. The van der Waals surface area contributed by atoms with Gasteiger partial charge in [0.15, 0.2) is 0 Å². The van der Waals surface area contributed by atoms with Gasteiger partial charge in [0.05, 0.1) is 49.2 Å². The number of benzene rings is 1. The van der Waals surface area contributed by atoms with E-state index in [1.165, 1.54) is 9.21 Å². The first kappa shape index (κ1) is 20.8. The number of nitrogens with zero attached hydrogens (tertiary/aromatic N) is 3. The van der Waals surface area contributed by atoms with Crippen LogP contribution in [0.2, 0.25) is 0 Å². The maximum atomic E-state index is 13.0. The number of rotatable bonds is 6. The van der Waals surface area contributed by atoms with Crippen molar-refractivity contribution in [2.45, 2.75) is 4.90 Å². The highest BCUT2D eigenvalue weighted by atomic mass is 32.2. The number of carbonyl (C=O) groups excluding carboxylic acids is 1. The van der Waals surface area contributed by atoms with Gasteiger partial charge in [-0.2, -0.15) is 4.31 Å². The molecule has 156 valence electrons. The van der Waals surface area contributed by atoms with Crippen LogP contribution in [0, 0.1) is 0 Å². The van der Waals surface area contributed by atoms with Gasteiger partial charge in [-0.3, -0.25) is 4.79 Å². The van der Waals surface area contributed by atoms with Crippen LogP contribution < -0.4 is 10.2 Å². The van der Waals surface area contributed by atoms with Gasteiger partial charge in [-0.05, 0) is 18.2 Å². The fraction of sp³-hybridized carbons (Fsp3) is 0.611. The predicted molar refractivity (Wildman–Crippen MR) is 106 cm³/mol. The second kappa shape index (κ2) is 9.08. The molecule has 0 aliphatic carbocycles. The molecule has 2 saturated heterocycles. The van der Waals surface area contributed by atoms with Crippen LogP contribution in [0.25, 0.3) is 0 Å². The molecule has 2 aliphatic heterocycles. The molecule has 0 bridgehead atoms. The fourth-order valence-corrected chi connectivity index (χ4v) is 4.60. The summed E-state index contributed by atoms with van der Waals surface area (Å²) in [7, 11) is -0.239. The fourth-order valence-electron chi connectivity index (χ4n) is 3.16. The number of hydrogen-bond donors (Lipinski definition) is 1. The van der Waals surface area contributed by atoms with Gasteiger partial charge in [0, 0.05) is 40.3 Å². The van der Waals surface area contributed by atoms with Gasteiger partial charge in [-0.15, -0.1) is 0 Å². The highest BCUT2D eigenvalue weighted by molar-refractivity contribution is 7.89. The summed E-state index contributed by atoms with van der Waals surface area (Å²) in [6.45, 7) is 4.23. The Kier molecular flexibility index (Phi) is 6.76. The zero-order valence-electron chi connectivity index (χ0n) is 16.4. The van der Waals surface area contributed by atoms with E-state index < -0.39 is 10.0 Å². The van der Waals surface area contributed by atoms with Crippen LogP contribution in [0.4, 0.5) is 11.4 Å². The summed E-state index contributed by atoms with van der Waals surface area (Å²) in [5.41, 5.74) is 1.50. The van der Waals surface area contributed by atoms with Crippen molar-refractivity contribution in [2.24, 2.45) is 0 Å². The molecule has 0 unspecified atom stereocenters. The lowest BCUT2D eigenvalue weighted by atomic mass is 10.2. The van der Waals surface area contributed by atoms with E-state index in [-0.39, 0.29) is 17.3 Å². The number of ether oxygens (including phenoxy) is 2. The van der Waals surface area contributed by atoms with Crippen molar-refractivity contribution in [3.05, 3.63) is 18.2 Å². The molecule has 0 radical (unpaired) electrons. The van der Waals surface area contributed by atoms with Crippen molar-refractivity contribution >= 4 is 27.3 Å². The molecule has 1 amide bonds. The molecule has 0 aromatic heterocycles. The van der Waals surface area contributed by atoms with Gasteiger partial charge in [0.25, 0.3) is 0 Å². The van der Waals surface area contributed by atoms with Crippen molar-refractivity contribution in [1.82, 2.24) is 9.21 Å². The molecular formula is C18H28N4O5S. The molecule has 10 heteroatoms. The molecule has 3 rings (SSSR count). The van der Waals surface area contributed by atoms with E-state index in [0.717, 1.165) is 5.69 Å². The van der Waals surface area contributed by atoms with Crippen LogP contribution in [-0.2, 0) is 24.3 Å². The summed E-state index contributed by atoms with van der Waals surface area (Å²) >= 11 is 0. The second-order valence-electron chi connectivity index (χ2n) is 6.94. The second-order valence-corrected chi connectivity index (χ2v) is 8.87. The molecule has 1 N–H and O–H groups in total. The molecule has 9 nitrogen and oxygen atoms in total. The zero-order chi connectivity index (χ0) is 20.1. The molecule has 1 aromatic rings. The Labute approximate surface area is 166 Å². The van der Waals surface area contributed by atoms with Crippen LogP contribution in [0.3, 0.4) is 0 Å². The number of anilines is 2. The molecule has 0 saturated carbocycles. The summed E-state index contributed by atoms with van der Waals surface area (Å²) in [4.78, 5) is 15.9. The third-order valence-electron chi connectivity index (χ3n) is 4.86. The highest BCUT2D eigenvalue weighted by Crippen LogP contribution is 2.31. The Hall–Kier alpha value is -1.88. The van der Waals surface area contributed by atoms with Gasteiger partial charge in [-0.1, -0.05) is 0 Å². The van der Waals surface area contributed by atoms with E-state index in [0.29, 0.717) is 58.3 Å². The van der Waals surface area contributed by atoms with E-state index in [1.807, 2.05) is 0 Å². The molecule has 1 aromatic carbocycles. The third kappa shape index (κ3) is 4.75. The largest absolute Gasteiger partial charge is 0.379 e. The summed E-state index contributed by atoms with van der Waals surface area (Å²) in [6, 6.07) is 5.06. The number of hydrogen-bond acceptors (Lipinski definition) is 7. The van der Waals surface area contributed by atoms with Crippen molar-refractivity contribution in [1.29, 1.82) is 0 Å². The first-order valence-corrected chi connectivity index (χ1v) is 10.8. The van der Waals surface area contributed by atoms with Crippen molar-refractivity contribution < 1.29 is 22.7 Å². The number of likely N-dealkylation sites (N-methyl/N-ethyl adjacent to an activating group) is 1. The van der Waals surface area contributed by atoms with E-state index in [9.17, 15) is 13.2 Å². The Morgan fingerprint density at radius 3 is 2.29 bits per heavy atom. The minimum Gasteiger partial charge on any atom is -0.379 e. The summed E-state index contributed by atoms with van der Waals surface area (Å²) in [6.07, 6.45) is 0. The van der Waals surface area contributed by atoms with Crippen LogP contribution >= 0.6 is 0 Å². The van der Waals surface area contributed by atoms with Gasteiger partial charge < -0.3 is 24.6 Å². The van der Waals surface area contributed by atoms with Gasteiger partial charge in [-0.25, -0.2) is 8.42 Å². The normalized spacial score (nSPS) is 18.7. The predicted octanol–water partition coefficient (Wildman–Crippen LogP) is 0.0442.